The average molecular weight is 357 g/mol. The molecule has 26 heavy (non-hydrogen) atoms. The Morgan fingerprint density at radius 1 is 1.31 bits per heavy atom. The van der Waals surface area contributed by atoms with Gasteiger partial charge in [0.1, 0.15) is 5.60 Å². The van der Waals surface area contributed by atoms with Gasteiger partial charge in [0, 0.05) is 50.3 Å². The predicted molar refractivity (Wildman–Crippen MR) is 97.3 cm³/mol. The number of amides is 1. The molecule has 2 aromatic rings. The minimum absolute atomic E-state index is 0.0138. The zero-order valence-electron chi connectivity index (χ0n) is 15.8. The van der Waals surface area contributed by atoms with Gasteiger partial charge in [-0.15, -0.1) is 0 Å². The predicted octanol–water partition coefficient (Wildman–Crippen LogP) is 2.18. The third-order valence-corrected chi connectivity index (χ3v) is 5.10. The van der Waals surface area contributed by atoms with Crippen LogP contribution in [0.1, 0.15) is 55.3 Å². The van der Waals surface area contributed by atoms with Gasteiger partial charge in [-0.2, -0.15) is 5.10 Å². The number of nitrogens with zero attached hydrogens (tertiary/aromatic N) is 4. The Hall–Kier alpha value is -2.28. The van der Waals surface area contributed by atoms with Crippen molar-refractivity contribution in [2.24, 2.45) is 7.05 Å². The normalized spacial score (nSPS) is 20.1. The summed E-state index contributed by atoms with van der Waals surface area (Å²) in [5.41, 5.74) is 2.71. The highest BCUT2D eigenvalue weighted by Gasteiger charge is 2.32. The Morgan fingerprint density at radius 3 is 2.69 bits per heavy atom. The second-order valence-corrected chi connectivity index (χ2v) is 7.11. The van der Waals surface area contributed by atoms with Crippen molar-refractivity contribution >= 4 is 5.91 Å². The third-order valence-electron chi connectivity index (χ3n) is 5.10. The molecule has 1 atom stereocenters. The van der Waals surface area contributed by atoms with E-state index in [9.17, 15) is 4.79 Å². The number of aromatic nitrogens is 4. The Kier molecular flexibility index (Phi) is 5.66. The Labute approximate surface area is 154 Å². The smallest absolute Gasteiger partial charge is 0.220 e. The van der Waals surface area contributed by atoms with E-state index < -0.39 is 0 Å². The molecule has 1 saturated heterocycles. The van der Waals surface area contributed by atoms with Gasteiger partial charge in [-0.25, -0.2) is 9.97 Å². The molecule has 3 heterocycles. The fraction of sp³-hybridized carbons (Fsp3) is 0.579. The number of carbonyl (C=O) groups is 1. The van der Waals surface area contributed by atoms with Gasteiger partial charge in [-0.05, 0) is 45.1 Å². The van der Waals surface area contributed by atoms with Crippen molar-refractivity contribution in [2.75, 3.05) is 6.61 Å². The van der Waals surface area contributed by atoms with Crippen molar-refractivity contribution in [3.8, 4) is 0 Å². The maximum Gasteiger partial charge on any atom is 0.220 e. The van der Waals surface area contributed by atoms with Crippen molar-refractivity contribution < 1.29 is 9.53 Å². The number of hydrogen-bond donors (Lipinski definition) is 1. The van der Waals surface area contributed by atoms with Gasteiger partial charge in [-0.3, -0.25) is 9.48 Å². The first-order chi connectivity index (χ1) is 12.5. The fourth-order valence-corrected chi connectivity index (χ4v) is 3.16. The summed E-state index contributed by atoms with van der Waals surface area (Å²) in [6, 6.07) is 0. The van der Waals surface area contributed by atoms with Crippen molar-refractivity contribution in [1.82, 2.24) is 25.1 Å². The summed E-state index contributed by atoms with van der Waals surface area (Å²) in [6.45, 7) is 5.25. The largest absolute Gasteiger partial charge is 0.367 e. The molecule has 2 aromatic heterocycles. The van der Waals surface area contributed by atoms with Crippen molar-refractivity contribution in [2.45, 2.75) is 58.1 Å². The summed E-state index contributed by atoms with van der Waals surface area (Å²) in [5, 5.41) is 7.12. The molecular weight excluding hydrogens is 330 g/mol. The van der Waals surface area contributed by atoms with E-state index >= 15 is 0 Å². The Balaban J connectivity index is 1.48. The monoisotopic (exact) mass is 357 g/mol. The molecule has 0 radical (unpaired) electrons. The molecule has 1 aliphatic rings. The van der Waals surface area contributed by atoms with E-state index in [2.05, 4.69) is 20.4 Å². The van der Waals surface area contributed by atoms with Crippen LogP contribution in [0.15, 0.2) is 18.6 Å². The molecule has 1 fully saturated rings. The van der Waals surface area contributed by atoms with Crippen LogP contribution in [0.2, 0.25) is 0 Å². The highest BCUT2D eigenvalue weighted by Crippen LogP contribution is 2.32. The lowest BCUT2D eigenvalue weighted by Crippen LogP contribution is -2.32. The highest BCUT2D eigenvalue weighted by atomic mass is 16.5. The molecule has 0 aromatic carbocycles. The minimum Gasteiger partial charge on any atom is -0.367 e. The summed E-state index contributed by atoms with van der Waals surface area (Å²) in [6.07, 6.45) is 9.68. The lowest BCUT2D eigenvalue weighted by Gasteiger charge is -2.32. The molecule has 3 rings (SSSR count). The van der Waals surface area contributed by atoms with Crippen LogP contribution in [0.3, 0.4) is 0 Å². The van der Waals surface area contributed by atoms with Crippen LogP contribution in [0.5, 0.6) is 0 Å². The van der Waals surface area contributed by atoms with Crippen LogP contribution < -0.4 is 5.32 Å². The van der Waals surface area contributed by atoms with Crippen LogP contribution in [0.4, 0.5) is 0 Å². The lowest BCUT2D eigenvalue weighted by atomic mass is 9.95. The first-order valence-electron chi connectivity index (χ1n) is 9.17. The lowest BCUT2D eigenvalue weighted by molar-refractivity contribution is -0.121. The molecule has 7 heteroatoms. The molecule has 0 unspecified atom stereocenters. The standard InChI is InChI=1S/C19H27N5O2/c1-14-16(13-23-24(14)3)6-7-17(25)20-10-15-11-21-18(22-12-15)19(2)8-4-5-9-26-19/h11-13H,4-10H2,1-3H3,(H,20,25)/t19-/m1/s1. The summed E-state index contributed by atoms with van der Waals surface area (Å²) < 4.78 is 7.70. The zero-order chi connectivity index (χ0) is 18.6. The summed E-state index contributed by atoms with van der Waals surface area (Å²) in [5.74, 6) is 0.735. The van der Waals surface area contributed by atoms with E-state index in [4.69, 9.17) is 4.74 Å². The SMILES string of the molecule is Cc1c(CCC(=O)NCc2cnc([C@@]3(C)CCCCO3)nc2)cnn1C. The topological polar surface area (TPSA) is 81.9 Å². The van der Waals surface area contributed by atoms with E-state index in [-0.39, 0.29) is 11.5 Å². The molecule has 1 N–H and O–H groups in total. The number of nitrogens with one attached hydrogen (secondary N) is 1. The second kappa shape index (κ2) is 7.95. The van der Waals surface area contributed by atoms with Crippen LogP contribution in [-0.2, 0) is 35.1 Å². The molecule has 0 aliphatic carbocycles. The average Bonchev–Trinajstić information content (AvgIpc) is 2.97. The molecule has 7 nitrogen and oxygen atoms in total. The fourth-order valence-electron chi connectivity index (χ4n) is 3.16. The van der Waals surface area contributed by atoms with Crippen LogP contribution in [-0.4, -0.2) is 32.3 Å². The Morgan fingerprint density at radius 2 is 2.08 bits per heavy atom. The van der Waals surface area contributed by atoms with E-state index in [1.807, 2.05) is 31.8 Å². The first kappa shape index (κ1) is 18.5. The number of rotatable bonds is 6. The van der Waals surface area contributed by atoms with Crippen LogP contribution >= 0.6 is 0 Å². The number of hydrogen-bond acceptors (Lipinski definition) is 5. The number of aryl methyl sites for hydroxylation is 2. The third kappa shape index (κ3) is 4.27. The number of carbonyl (C=O) groups excluding carboxylic acids is 1. The second-order valence-electron chi connectivity index (χ2n) is 7.11. The van der Waals surface area contributed by atoms with E-state index in [1.54, 1.807) is 12.4 Å². The molecular formula is C19H27N5O2. The van der Waals surface area contributed by atoms with E-state index in [1.165, 1.54) is 0 Å². The molecule has 1 aliphatic heterocycles. The molecule has 0 spiro atoms. The Bertz CT molecular complexity index is 748. The van der Waals surface area contributed by atoms with Gasteiger partial charge >= 0.3 is 0 Å². The van der Waals surface area contributed by atoms with Gasteiger partial charge in [-0.1, -0.05) is 0 Å². The maximum absolute atomic E-state index is 12.1. The van der Waals surface area contributed by atoms with Crippen molar-refractivity contribution in [1.29, 1.82) is 0 Å². The summed E-state index contributed by atoms with van der Waals surface area (Å²) >= 11 is 0. The maximum atomic E-state index is 12.1. The van der Waals surface area contributed by atoms with Gasteiger partial charge in [0.05, 0.1) is 6.20 Å². The molecule has 1 amide bonds. The van der Waals surface area contributed by atoms with Gasteiger partial charge in [0.15, 0.2) is 5.82 Å². The van der Waals surface area contributed by atoms with Gasteiger partial charge in [0.25, 0.3) is 0 Å². The van der Waals surface area contributed by atoms with Crippen LogP contribution in [0, 0.1) is 6.92 Å². The minimum atomic E-state index is -0.387. The van der Waals surface area contributed by atoms with E-state index in [0.717, 1.165) is 48.5 Å². The van der Waals surface area contributed by atoms with Crippen LogP contribution in [0.25, 0.3) is 0 Å². The van der Waals surface area contributed by atoms with Crippen molar-refractivity contribution in [3.05, 3.63) is 41.2 Å². The van der Waals surface area contributed by atoms with Gasteiger partial charge < -0.3 is 10.1 Å². The van der Waals surface area contributed by atoms with E-state index in [0.29, 0.717) is 19.4 Å². The number of ether oxygens (including phenoxy) is 1. The zero-order valence-corrected chi connectivity index (χ0v) is 15.8. The summed E-state index contributed by atoms with van der Waals surface area (Å²) in [7, 11) is 1.90. The van der Waals surface area contributed by atoms with Crippen molar-refractivity contribution in [3.63, 3.8) is 0 Å². The molecule has 0 bridgehead atoms. The molecule has 0 saturated carbocycles. The summed E-state index contributed by atoms with van der Waals surface area (Å²) in [4.78, 5) is 21.0. The molecule has 140 valence electrons. The first-order valence-corrected chi connectivity index (χ1v) is 9.17. The quantitative estimate of drug-likeness (QED) is 0.857. The highest BCUT2D eigenvalue weighted by molar-refractivity contribution is 5.76. The van der Waals surface area contributed by atoms with Gasteiger partial charge in [0.2, 0.25) is 5.91 Å².